The van der Waals surface area contributed by atoms with Crippen LogP contribution in [0.3, 0.4) is 0 Å². The molecule has 0 aromatic carbocycles. The third-order valence-electron chi connectivity index (χ3n) is 2.33. The Labute approximate surface area is 97.5 Å². The third-order valence-corrected chi connectivity index (χ3v) is 2.64. The van der Waals surface area contributed by atoms with E-state index in [1.165, 1.54) is 6.08 Å². The van der Waals surface area contributed by atoms with Crippen LogP contribution in [-0.2, 0) is 11.8 Å². The number of aromatic nitrogens is 3. The molecule has 2 aromatic rings. The van der Waals surface area contributed by atoms with E-state index in [1.54, 1.807) is 10.8 Å². The summed E-state index contributed by atoms with van der Waals surface area (Å²) in [7, 11) is 1.82. The summed E-state index contributed by atoms with van der Waals surface area (Å²) >= 11 is 6.00. The first-order valence-corrected chi connectivity index (χ1v) is 5.13. The van der Waals surface area contributed by atoms with Crippen molar-refractivity contribution in [1.29, 1.82) is 0 Å². The molecule has 2 rings (SSSR count). The summed E-state index contributed by atoms with van der Waals surface area (Å²) in [6.45, 7) is 1.91. The van der Waals surface area contributed by atoms with Crippen molar-refractivity contribution in [2.75, 3.05) is 0 Å². The highest BCUT2D eigenvalue weighted by atomic mass is 35.5. The van der Waals surface area contributed by atoms with E-state index in [2.05, 4.69) is 10.1 Å². The molecule has 16 heavy (non-hydrogen) atoms. The Hall–Kier alpha value is -1.68. The first kappa shape index (κ1) is 10.8. The van der Waals surface area contributed by atoms with E-state index in [4.69, 9.17) is 11.6 Å². The Morgan fingerprint density at radius 1 is 1.50 bits per heavy atom. The molecule has 0 N–H and O–H groups in total. The number of hydrogen-bond donors (Lipinski definition) is 0. The Morgan fingerprint density at radius 3 is 2.94 bits per heavy atom. The van der Waals surface area contributed by atoms with Crippen LogP contribution in [0.25, 0.3) is 17.1 Å². The van der Waals surface area contributed by atoms with Crippen molar-refractivity contribution in [3.8, 4) is 0 Å². The van der Waals surface area contributed by atoms with Crippen LogP contribution in [0.5, 0.6) is 0 Å². The molecule has 0 saturated carbocycles. The zero-order chi connectivity index (χ0) is 11.7. The van der Waals surface area contributed by atoms with Gasteiger partial charge in [0, 0.05) is 18.0 Å². The van der Waals surface area contributed by atoms with Crippen LogP contribution in [0.2, 0.25) is 5.15 Å². The minimum Gasteiger partial charge on any atom is -0.299 e. The number of aldehydes is 1. The molecule has 0 aliphatic heterocycles. The number of carbonyl (C=O) groups excluding carboxylic acids is 1. The highest BCUT2D eigenvalue weighted by Crippen LogP contribution is 2.23. The van der Waals surface area contributed by atoms with Crippen LogP contribution < -0.4 is 0 Å². The number of aryl methyl sites for hydroxylation is 2. The van der Waals surface area contributed by atoms with E-state index in [0.717, 1.165) is 22.3 Å². The summed E-state index contributed by atoms with van der Waals surface area (Å²) in [6, 6.07) is 1.88. The molecule has 0 bridgehead atoms. The second-order valence-corrected chi connectivity index (χ2v) is 3.80. The molecule has 2 heterocycles. The van der Waals surface area contributed by atoms with Crippen molar-refractivity contribution in [3.63, 3.8) is 0 Å². The predicted molar refractivity (Wildman–Crippen MR) is 63.4 cm³/mol. The maximum atomic E-state index is 10.3. The van der Waals surface area contributed by atoms with E-state index < -0.39 is 0 Å². The van der Waals surface area contributed by atoms with Gasteiger partial charge in [-0.25, -0.2) is 4.98 Å². The van der Waals surface area contributed by atoms with Gasteiger partial charge in [-0.1, -0.05) is 11.6 Å². The molecule has 0 radical (unpaired) electrons. The Bertz CT molecular complexity index is 586. The first-order valence-electron chi connectivity index (χ1n) is 4.75. The van der Waals surface area contributed by atoms with Gasteiger partial charge in [-0.05, 0) is 25.1 Å². The van der Waals surface area contributed by atoms with Crippen molar-refractivity contribution >= 4 is 35.0 Å². The van der Waals surface area contributed by atoms with E-state index in [0.29, 0.717) is 11.4 Å². The van der Waals surface area contributed by atoms with Gasteiger partial charge in [-0.2, -0.15) is 5.10 Å². The minimum atomic E-state index is 0.369. The van der Waals surface area contributed by atoms with Crippen molar-refractivity contribution in [2.24, 2.45) is 7.05 Å². The van der Waals surface area contributed by atoms with Gasteiger partial charge in [-0.15, -0.1) is 0 Å². The van der Waals surface area contributed by atoms with Crippen LogP contribution in [0.15, 0.2) is 12.1 Å². The summed E-state index contributed by atoms with van der Waals surface area (Å²) in [4.78, 5) is 14.5. The lowest BCUT2D eigenvalue weighted by atomic mass is 10.2. The number of hydrogen-bond acceptors (Lipinski definition) is 3. The predicted octanol–water partition coefficient (Wildman–Crippen LogP) is 2.14. The van der Waals surface area contributed by atoms with Gasteiger partial charge >= 0.3 is 0 Å². The SMILES string of the molecule is Cc1nn(C)c2nc(Cl)c(C=CC=O)cc12. The first-order chi connectivity index (χ1) is 7.63. The van der Waals surface area contributed by atoms with Crippen molar-refractivity contribution < 1.29 is 4.79 Å². The van der Waals surface area contributed by atoms with Gasteiger partial charge in [0.25, 0.3) is 0 Å². The summed E-state index contributed by atoms with van der Waals surface area (Å²) in [6.07, 6.45) is 3.73. The summed E-state index contributed by atoms with van der Waals surface area (Å²) < 4.78 is 1.68. The molecule has 4 nitrogen and oxygen atoms in total. The fourth-order valence-electron chi connectivity index (χ4n) is 1.60. The summed E-state index contributed by atoms with van der Waals surface area (Å²) in [5.41, 5.74) is 2.35. The summed E-state index contributed by atoms with van der Waals surface area (Å²) in [5, 5.41) is 5.57. The maximum Gasteiger partial charge on any atom is 0.159 e. The fourth-order valence-corrected chi connectivity index (χ4v) is 1.79. The van der Waals surface area contributed by atoms with Gasteiger partial charge in [0.1, 0.15) is 11.4 Å². The molecule has 82 valence electrons. The molecular formula is C11H10ClN3O. The van der Waals surface area contributed by atoms with Crippen LogP contribution >= 0.6 is 11.6 Å². The minimum absolute atomic E-state index is 0.369. The average Bonchev–Trinajstić information content (AvgIpc) is 2.51. The molecule has 0 aliphatic rings. The Kier molecular flexibility index (Phi) is 2.75. The zero-order valence-electron chi connectivity index (χ0n) is 8.94. The molecular weight excluding hydrogens is 226 g/mol. The van der Waals surface area contributed by atoms with Gasteiger partial charge in [-0.3, -0.25) is 9.48 Å². The fraction of sp³-hybridized carbons (Fsp3) is 0.182. The number of halogens is 1. The monoisotopic (exact) mass is 235 g/mol. The molecule has 0 saturated heterocycles. The summed E-state index contributed by atoms with van der Waals surface area (Å²) in [5.74, 6) is 0. The third kappa shape index (κ3) is 1.72. The van der Waals surface area contributed by atoms with Crippen LogP contribution in [0.4, 0.5) is 0 Å². The number of allylic oxidation sites excluding steroid dienone is 1. The van der Waals surface area contributed by atoms with E-state index in [-0.39, 0.29) is 0 Å². The highest BCUT2D eigenvalue weighted by Gasteiger charge is 2.09. The van der Waals surface area contributed by atoms with Gasteiger partial charge in [0.15, 0.2) is 5.65 Å². The van der Waals surface area contributed by atoms with Crippen molar-refractivity contribution in [3.05, 3.63) is 28.6 Å². The lowest BCUT2D eigenvalue weighted by molar-refractivity contribution is -0.104. The molecule has 0 atom stereocenters. The lowest BCUT2D eigenvalue weighted by Gasteiger charge is -1.99. The van der Waals surface area contributed by atoms with Gasteiger partial charge in [0.2, 0.25) is 0 Å². The number of carbonyl (C=O) groups is 1. The molecule has 2 aromatic heterocycles. The van der Waals surface area contributed by atoms with Crippen LogP contribution in [0, 0.1) is 6.92 Å². The second-order valence-electron chi connectivity index (χ2n) is 3.44. The largest absolute Gasteiger partial charge is 0.299 e. The van der Waals surface area contributed by atoms with Crippen LogP contribution in [-0.4, -0.2) is 21.1 Å². The molecule has 0 aliphatic carbocycles. The Morgan fingerprint density at radius 2 is 2.25 bits per heavy atom. The molecule has 5 heteroatoms. The number of fused-ring (bicyclic) bond motifs is 1. The quantitative estimate of drug-likeness (QED) is 0.455. The topological polar surface area (TPSA) is 47.8 Å². The lowest BCUT2D eigenvalue weighted by Crippen LogP contribution is -1.92. The van der Waals surface area contributed by atoms with Crippen molar-refractivity contribution in [2.45, 2.75) is 6.92 Å². The maximum absolute atomic E-state index is 10.3. The van der Waals surface area contributed by atoms with E-state index >= 15 is 0 Å². The van der Waals surface area contributed by atoms with Gasteiger partial charge < -0.3 is 0 Å². The van der Waals surface area contributed by atoms with Crippen molar-refractivity contribution in [1.82, 2.24) is 14.8 Å². The standard InChI is InChI=1S/C11H10ClN3O/c1-7-9-6-8(4-3-5-16)10(12)13-11(9)15(2)14-7/h3-6H,1-2H3. The molecule has 0 unspecified atom stereocenters. The Balaban J connectivity index is 2.70. The normalized spacial score (nSPS) is 11.4. The average molecular weight is 236 g/mol. The highest BCUT2D eigenvalue weighted by molar-refractivity contribution is 6.31. The second kappa shape index (κ2) is 4.06. The number of nitrogens with zero attached hydrogens (tertiary/aromatic N) is 3. The zero-order valence-corrected chi connectivity index (χ0v) is 9.69. The molecule has 0 fully saturated rings. The smallest absolute Gasteiger partial charge is 0.159 e. The molecule has 0 amide bonds. The van der Waals surface area contributed by atoms with E-state index in [9.17, 15) is 4.79 Å². The molecule has 0 spiro atoms. The number of rotatable bonds is 2. The number of pyridine rings is 1. The van der Waals surface area contributed by atoms with E-state index in [1.807, 2.05) is 20.0 Å². The van der Waals surface area contributed by atoms with Crippen LogP contribution in [0.1, 0.15) is 11.3 Å². The van der Waals surface area contributed by atoms with Gasteiger partial charge in [0.05, 0.1) is 5.69 Å².